The Balaban J connectivity index is 2.21. The van der Waals surface area contributed by atoms with E-state index in [-0.39, 0.29) is 27.9 Å². The lowest BCUT2D eigenvalue weighted by Crippen LogP contribution is -2.29. The van der Waals surface area contributed by atoms with E-state index < -0.39 is 17.0 Å². The Kier molecular flexibility index (Phi) is 3.33. The van der Waals surface area contributed by atoms with Crippen LogP contribution in [-0.2, 0) is 7.05 Å². The van der Waals surface area contributed by atoms with E-state index in [0.29, 0.717) is 0 Å². The number of ketones is 1. The van der Waals surface area contributed by atoms with Gasteiger partial charge in [-0.2, -0.15) is 0 Å². The largest absolute Gasteiger partial charge is 0.507 e. The van der Waals surface area contributed by atoms with Gasteiger partial charge in [-0.3, -0.25) is 19.1 Å². The highest BCUT2D eigenvalue weighted by Gasteiger charge is 2.16. The summed E-state index contributed by atoms with van der Waals surface area (Å²) in [5, 5.41) is 9.99. The number of phenolic OH excluding ortho intramolecular Hbond substituents is 1. The number of fused-ring (bicyclic) bond motifs is 1. The number of nitrogens with one attached hydrogen (secondary N) is 1. The number of rotatable bonds is 2. The number of phenols is 1. The van der Waals surface area contributed by atoms with Crippen molar-refractivity contribution in [1.82, 2.24) is 14.5 Å². The second kappa shape index (κ2) is 5.20. The van der Waals surface area contributed by atoms with Crippen LogP contribution in [0.25, 0.3) is 11.0 Å². The fourth-order valence-electron chi connectivity index (χ4n) is 2.35. The summed E-state index contributed by atoms with van der Waals surface area (Å²) >= 11 is 0. The number of H-pyrrole nitrogens is 1. The standard InChI is InChI=1S/C16H13N3O4/c1-8-3-4-12(20)10(5-8)13(21)9-6-11-14(17-7-9)19(2)16(23)18-15(11)22/h3-7,20H,1-2H3,(H,18,22,23). The van der Waals surface area contributed by atoms with Crippen LogP contribution in [0.5, 0.6) is 5.75 Å². The van der Waals surface area contributed by atoms with Crippen LogP contribution in [0, 0.1) is 6.92 Å². The van der Waals surface area contributed by atoms with Crippen molar-refractivity contribution in [3.8, 4) is 5.75 Å². The topological polar surface area (TPSA) is 105 Å². The summed E-state index contributed by atoms with van der Waals surface area (Å²) in [5.74, 6) is -0.594. The molecule has 23 heavy (non-hydrogen) atoms. The van der Waals surface area contributed by atoms with Crippen molar-refractivity contribution in [3.63, 3.8) is 0 Å². The lowest BCUT2D eigenvalue weighted by atomic mass is 10.0. The Labute approximate surface area is 129 Å². The molecule has 116 valence electrons. The summed E-state index contributed by atoms with van der Waals surface area (Å²) < 4.78 is 1.19. The van der Waals surface area contributed by atoms with Crippen molar-refractivity contribution in [2.45, 2.75) is 6.92 Å². The Morgan fingerprint density at radius 2 is 2.00 bits per heavy atom. The fraction of sp³-hybridized carbons (Fsp3) is 0.125. The first-order valence-electron chi connectivity index (χ1n) is 6.82. The molecule has 2 aromatic heterocycles. The van der Waals surface area contributed by atoms with Gasteiger partial charge in [0.1, 0.15) is 11.4 Å². The molecule has 2 heterocycles. The molecule has 0 spiro atoms. The van der Waals surface area contributed by atoms with Crippen LogP contribution in [-0.4, -0.2) is 25.4 Å². The summed E-state index contributed by atoms with van der Waals surface area (Å²) in [6.07, 6.45) is 1.28. The van der Waals surface area contributed by atoms with Gasteiger partial charge in [0, 0.05) is 18.8 Å². The number of carbonyl (C=O) groups excluding carboxylic acids is 1. The van der Waals surface area contributed by atoms with E-state index in [1.807, 2.05) is 0 Å². The van der Waals surface area contributed by atoms with E-state index in [9.17, 15) is 19.5 Å². The van der Waals surface area contributed by atoms with Gasteiger partial charge in [-0.25, -0.2) is 9.78 Å². The van der Waals surface area contributed by atoms with E-state index in [1.165, 1.54) is 29.9 Å². The van der Waals surface area contributed by atoms with Gasteiger partial charge in [-0.1, -0.05) is 11.6 Å². The number of aryl methyl sites for hydroxylation is 2. The molecule has 0 saturated carbocycles. The molecule has 0 amide bonds. The molecule has 0 atom stereocenters. The van der Waals surface area contributed by atoms with Crippen molar-refractivity contribution in [3.05, 3.63) is 68.0 Å². The SMILES string of the molecule is Cc1ccc(O)c(C(=O)c2cnc3c(c2)c(=O)[nH]c(=O)n3C)c1. The Bertz CT molecular complexity index is 1060. The minimum Gasteiger partial charge on any atom is -0.507 e. The molecule has 7 heteroatoms. The molecule has 0 fully saturated rings. The molecular formula is C16H13N3O4. The van der Waals surface area contributed by atoms with Crippen LogP contribution in [0.2, 0.25) is 0 Å². The first kappa shape index (κ1) is 14.7. The quantitative estimate of drug-likeness (QED) is 0.683. The van der Waals surface area contributed by atoms with E-state index >= 15 is 0 Å². The highest BCUT2D eigenvalue weighted by atomic mass is 16.3. The molecule has 0 saturated heterocycles. The number of aromatic nitrogens is 3. The highest BCUT2D eigenvalue weighted by Crippen LogP contribution is 2.22. The van der Waals surface area contributed by atoms with Crippen LogP contribution in [0.4, 0.5) is 0 Å². The van der Waals surface area contributed by atoms with Crippen molar-refractivity contribution in [2.24, 2.45) is 7.05 Å². The van der Waals surface area contributed by atoms with E-state index in [0.717, 1.165) is 5.56 Å². The minimum atomic E-state index is -0.612. The summed E-state index contributed by atoms with van der Waals surface area (Å²) in [7, 11) is 1.47. The average Bonchev–Trinajstić information content (AvgIpc) is 2.54. The fourth-order valence-corrected chi connectivity index (χ4v) is 2.35. The first-order valence-corrected chi connectivity index (χ1v) is 6.82. The molecule has 3 rings (SSSR count). The number of hydrogen-bond donors (Lipinski definition) is 2. The molecule has 0 bridgehead atoms. The monoisotopic (exact) mass is 311 g/mol. The number of benzene rings is 1. The lowest BCUT2D eigenvalue weighted by molar-refractivity contribution is 0.103. The van der Waals surface area contributed by atoms with Gasteiger partial charge in [-0.05, 0) is 25.1 Å². The van der Waals surface area contributed by atoms with Crippen LogP contribution in [0.3, 0.4) is 0 Å². The first-order chi connectivity index (χ1) is 10.9. The van der Waals surface area contributed by atoms with Gasteiger partial charge >= 0.3 is 5.69 Å². The molecule has 3 aromatic rings. The predicted molar refractivity (Wildman–Crippen MR) is 83.9 cm³/mol. The smallest absolute Gasteiger partial charge is 0.329 e. The summed E-state index contributed by atoms with van der Waals surface area (Å²) in [4.78, 5) is 42.2. The maximum Gasteiger partial charge on any atom is 0.329 e. The maximum absolute atomic E-state index is 12.5. The van der Waals surface area contributed by atoms with E-state index in [1.54, 1.807) is 19.1 Å². The molecule has 0 unspecified atom stereocenters. The van der Waals surface area contributed by atoms with E-state index in [2.05, 4.69) is 9.97 Å². The zero-order valence-electron chi connectivity index (χ0n) is 12.5. The van der Waals surface area contributed by atoms with Gasteiger partial charge in [0.25, 0.3) is 5.56 Å². The van der Waals surface area contributed by atoms with Crippen LogP contribution >= 0.6 is 0 Å². The molecule has 0 aliphatic rings. The van der Waals surface area contributed by atoms with Gasteiger partial charge in [0.2, 0.25) is 0 Å². The van der Waals surface area contributed by atoms with E-state index in [4.69, 9.17) is 0 Å². The van der Waals surface area contributed by atoms with Gasteiger partial charge in [0.15, 0.2) is 5.78 Å². The average molecular weight is 311 g/mol. The van der Waals surface area contributed by atoms with Gasteiger partial charge in [-0.15, -0.1) is 0 Å². The molecule has 0 aliphatic carbocycles. The molecule has 2 N–H and O–H groups in total. The third-order valence-electron chi connectivity index (χ3n) is 3.61. The number of carbonyl (C=O) groups is 1. The third-order valence-corrected chi connectivity index (χ3v) is 3.61. The number of hydrogen-bond acceptors (Lipinski definition) is 5. The maximum atomic E-state index is 12.5. The minimum absolute atomic E-state index is 0.130. The summed E-state index contributed by atoms with van der Waals surface area (Å²) in [6.45, 7) is 1.80. The van der Waals surface area contributed by atoms with Crippen LogP contribution in [0.1, 0.15) is 21.5 Å². The Hall–Kier alpha value is -3.22. The second-order valence-electron chi connectivity index (χ2n) is 5.26. The zero-order valence-corrected chi connectivity index (χ0v) is 12.5. The number of aromatic hydroxyl groups is 1. The van der Waals surface area contributed by atoms with Crippen molar-refractivity contribution in [2.75, 3.05) is 0 Å². The molecular weight excluding hydrogens is 298 g/mol. The van der Waals surface area contributed by atoms with Gasteiger partial charge in [0.05, 0.1) is 10.9 Å². The second-order valence-corrected chi connectivity index (χ2v) is 5.26. The number of nitrogens with zero attached hydrogens (tertiary/aromatic N) is 2. The van der Waals surface area contributed by atoms with Crippen molar-refractivity contribution < 1.29 is 9.90 Å². The Morgan fingerprint density at radius 1 is 1.26 bits per heavy atom. The predicted octanol–water partition coefficient (Wildman–Crippen LogP) is 0.867. The zero-order chi connectivity index (χ0) is 16.7. The normalized spacial score (nSPS) is 10.9. The number of aromatic amines is 1. The Morgan fingerprint density at radius 3 is 2.74 bits per heavy atom. The van der Waals surface area contributed by atoms with Gasteiger partial charge < -0.3 is 5.11 Å². The highest BCUT2D eigenvalue weighted by molar-refractivity contribution is 6.11. The number of pyridine rings is 1. The molecule has 0 aliphatic heterocycles. The molecule has 1 aromatic carbocycles. The molecule has 7 nitrogen and oxygen atoms in total. The lowest BCUT2D eigenvalue weighted by Gasteiger charge is -2.07. The molecule has 0 radical (unpaired) electrons. The summed E-state index contributed by atoms with van der Waals surface area (Å²) in [5.41, 5.74) is 0.1000. The van der Waals surface area contributed by atoms with Crippen LogP contribution in [0.15, 0.2) is 40.1 Å². The van der Waals surface area contributed by atoms with Crippen molar-refractivity contribution >= 4 is 16.8 Å². The van der Waals surface area contributed by atoms with Crippen LogP contribution < -0.4 is 11.2 Å². The third kappa shape index (κ3) is 2.42. The van der Waals surface area contributed by atoms with Crippen molar-refractivity contribution in [1.29, 1.82) is 0 Å². The summed E-state index contributed by atoms with van der Waals surface area (Å²) in [6, 6.07) is 6.05.